The lowest BCUT2D eigenvalue weighted by molar-refractivity contribution is 0.0952. The van der Waals surface area contributed by atoms with Gasteiger partial charge in [-0.1, -0.05) is 40.2 Å². The molecule has 6 nitrogen and oxygen atoms in total. The van der Waals surface area contributed by atoms with Crippen LogP contribution in [0.3, 0.4) is 0 Å². The van der Waals surface area contributed by atoms with E-state index in [0.29, 0.717) is 36.0 Å². The molecule has 0 saturated carbocycles. The molecule has 3 aromatic rings. The molecule has 1 amide bonds. The minimum Gasteiger partial charge on any atom is -0.496 e. The van der Waals surface area contributed by atoms with Crippen molar-refractivity contribution in [1.29, 1.82) is 0 Å². The molecule has 33 heavy (non-hydrogen) atoms. The molecule has 3 aromatic carbocycles. The smallest absolute Gasteiger partial charge is 0.275 e. The summed E-state index contributed by atoms with van der Waals surface area (Å²) in [5.74, 6) is 1.27. The second kappa shape index (κ2) is 11.9. The van der Waals surface area contributed by atoms with Crippen LogP contribution in [0.5, 0.6) is 17.2 Å². The number of aryl methyl sites for hydroxylation is 1. The highest BCUT2D eigenvalue weighted by Crippen LogP contribution is 2.37. The molecule has 0 unspecified atom stereocenters. The SMILES string of the molecule is CCOc1cc(/C=N\NC(=O)c2cc(Br)ccc2OC)cc(Br)c1OCc1ccccc1C. The lowest BCUT2D eigenvalue weighted by Gasteiger charge is -2.15. The third-order valence-electron chi connectivity index (χ3n) is 4.75. The van der Waals surface area contributed by atoms with Crippen molar-refractivity contribution in [3.63, 3.8) is 0 Å². The maximum atomic E-state index is 12.5. The molecule has 0 bridgehead atoms. The maximum absolute atomic E-state index is 12.5. The summed E-state index contributed by atoms with van der Waals surface area (Å²) in [5, 5.41) is 4.09. The zero-order valence-corrected chi connectivity index (χ0v) is 21.7. The zero-order valence-electron chi connectivity index (χ0n) is 18.5. The molecular weight excluding hydrogens is 552 g/mol. The molecule has 0 radical (unpaired) electrons. The molecular formula is C25H24Br2N2O4. The number of ether oxygens (including phenoxy) is 3. The van der Waals surface area contributed by atoms with Gasteiger partial charge in [0.2, 0.25) is 0 Å². The van der Waals surface area contributed by atoms with Gasteiger partial charge in [0.05, 0.1) is 30.0 Å². The molecule has 3 rings (SSSR count). The molecule has 1 N–H and O–H groups in total. The molecule has 8 heteroatoms. The van der Waals surface area contributed by atoms with E-state index in [2.05, 4.69) is 55.4 Å². The Bertz CT molecular complexity index is 1170. The van der Waals surface area contributed by atoms with Gasteiger partial charge in [0.1, 0.15) is 12.4 Å². The van der Waals surface area contributed by atoms with Gasteiger partial charge in [0, 0.05) is 4.47 Å². The first kappa shape index (κ1) is 24.8. The predicted molar refractivity (Wildman–Crippen MR) is 137 cm³/mol. The van der Waals surface area contributed by atoms with Crippen molar-refractivity contribution in [2.24, 2.45) is 5.10 Å². The van der Waals surface area contributed by atoms with Crippen molar-refractivity contribution in [1.82, 2.24) is 5.43 Å². The highest BCUT2D eigenvalue weighted by Gasteiger charge is 2.14. The highest BCUT2D eigenvalue weighted by molar-refractivity contribution is 9.10. The summed E-state index contributed by atoms with van der Waals surface area (Å²) < 4.78 is 18.6. The number of carbonyl (C=O) groups excluding carboxylic acids is 1. The monoisotopic (exact) mass is 574 g/mol. The van der Waals surface area contributed by atoms with Crippen LogP contribution in [0.2, 0.25) is 0 Å². The van der Waals surface area contributed by atoms with Crippen molar-refractivity contribution >= 4 is 44.0 Å². The first-order valence-corrected chi connectivity index (χ1v) is 11.8. The van der Waals surface area contributed by atoms with Crippen LogP contribution in [0.25, 0.3) is 0 Å². The summed E-state index contributed by atoms with van der Waals surface area (Å²) in [6.45, 7) is 4.86. The summed E-state index contributed by atoms with van der Waals surface area (Å²) >= 11 is 6.93. The Morgan fingerprint density at radius 3 is 2.58 bits per heavy atom. The number of nitrogens with one attached hydrogen (secondary N) is 1. The van der Waals surface area contributed by atoms with E-state index < -0.39 is 0 Å². The summed E-state index contributed by atoms with van der Waals surface area (Å²) in [4.78, 5) is 12.5. The number of carbonyl (C=O) groups is 1. The highest BCUT2D eigenvalue weighted by atomic mass is 79.9. The van der Waals surface area contributed by atoms with E-state index in [0.717, 1.165) is 25.6 Å². The minimum atomic E-state index is -0.383. The fourth-order valence-corrected chi connectivity index (χ4v) is 4.01. The number of rotatable bonds is 9. The first-order valence-electron chi connectivity index (χ1n) is 10.2. The van der Waals surface area contributed by atoms with Crippen LogP contribution in [0, 0.1) is 6.92 Å². The van der Waals surface area contributed by atoms with E-state index >= 15 is 0 Å². The molecule has 0 heterocycles. The lowest BCUT2D eigenvalue weighted by atomic mass is 10.1. The van der Waals surface area contributed by atoms with Crippen LogP contribution in [0.1, 0.15) is 34.0 Å². The molecule has 0 aliphatic rings. The van der Waals surface area contributed by atoms with Gasteiger partial charge >= 0.3 is 0 Å². The van der Waals surface area contributed by atoms with E-state index in [1.807, 2.05) is 37.3 Å². The van der Waals surface area contributed by atoms with E-state index in [-0.39, 0.29) is 5.91 Å². The Morgan fingerprint density at radius 2 is 1.85 bits per heavy atom. The molecule has 0 atom stereocenters. The largest absolute Gasteiger partial charge is 0.496 e. The van der Waals surface area contributed by atoms with Gasteiger partial charge in [-0.25, -0.2) is 5.43 Å². The summed E-state index contributed by atoms with van der Waals surface area (Å²) in [5.41, 5.74) is 5.90. The van der Waals surface area contributed by atoms with E-state index in [1.165, 1.54) is 7.11 Å². The Morgan fingerprint density at radius 1 is 1.06 bits per heavy atom. The topological polar surface area (TPSA) is 69.2 Å². The van der Waals surface area contributed by atoms with Gasteiger partial charge in [-0.05, 0) is 76.8 Å². The van der Waals surface area contributed by atoms with Crippen molar-refractivity contribution in [3.05, 3.63) is 85.8 Å². The summed E-state index contributed by atoms with van der Waals surface area (Å²) in [7, 11) is 1.51. The Hall–Kier alpha value is -2.84. The second-order valence-electron chi connectivity index (χ2n) is 7.02. The lowest BCUT2D eigenvalue weighted by Crippen LogP contribution is -2.18. The van der Waals surface area contributed by atoms with Gasteiger partial charge in [-0.3, -0.25) is 4.79 Å². The van der Waals surface area contributed by atoms with Crippen molar-refractivity contribution in [2.75, 3.05) is 13.7 Å². The van der Waals surface area contributed by atoms with Gasteiger partial charge in [-0.15, -0.1) is 0 Å². The molecule has 0 aromatic heterocycles. The predicted octanol–water partition coefficient (Wildman–Crippen LogP) is 6.27. The van der Waals surface area contributed by atoms with Crippen molar-refractivity contribution in [2.45, 2.75) is 20.5 Å². The third-order valence-corrected chi connectivity index (χ3v) is 5.83. The third kappa shape index (κ3) is 6.58. The van der Waals surface area contributed by atoms with Gasteiger partial charge < -0.3 is 14.2 Å². The molecule has 0 fully saturated rings. The molecule has 0 saturated heterocycles. The maximum Gasteiger partial charge on any atom is 0.275 e. The number of amides is 1. The summed E-state index contributed by atoms with van der Waals surface area (Å²) in [6, 6.07) is 16.9. The fourth-order valence-electron chi connectivity index (χ4n) is 3.07. The van der Waals surface area contributed by atoms with Crippen LogP contribution in [-0.4, -0.2) is 25.8 Å². The Labute approximate surface area is 210 Å². The molecule has 0 spiro atoms. The van der Waals surface area contributed by atoms with Crippen molar-refractivity contribution in [3.8, 4) is 17.2 Å². The quantitative estimate of drug-likeness (QED) is 0.241. The number of hydrogen-bond donors (Lipinski definition) is 1. The van der Waals surface area contributed by atoms with Gasteiger partial charge in [0.15, 0.2) is 11.5 Å². The minimum absolute atomic E-state index is 0.375. The van der Waals surface area contributed by atoms with E-state index in [1.54, 1.807) is 24.4 Å². The number of benzene rings is 3. The first-order chi connectivity index (χ1) is 15.9. The fraction of sp³-hybridized carbons (Fsp3) is 0.200. The van der Waals surface area contributed by atoms with E-state index in [4.69, 9.17) is 14.2 Å². The average molecular weight is 576 g/mol. The van der Waals surface area contributed by atoms with Crippen LogP contribution in [0.15, 0.2) is 68.6 Å². The second-order valence-corrected chi connectivity index (χ2v) is 8.79. The Balaban J connectivity index is 1.76. The number of nitrogens with zero attached hydrogens (tertiary/aromatic N) is 1. The standard InChI is InChI=1S/C25H24Br2N2O4/c1-4-32-23-12-17(11-21(27)24(23)33-15-18-8-6-5-7-16(18)2)14-28-29-25(30)20-13-19(26)9-10-22(20)31-3/h5-14H,4,15H2,1-3H3,(H,29,30)/b28-14-. The average Bonchev–Trinajstić information content (AvgIpc) is 2.79. The number of halogens is 2. The van der Waals surface area contributed by atoms with Crippen molar-refractivity contribution < 1.29 is 19.0 Å². The van der Waals surface area contributed by atoms with Crippen LogP contribution >= 0.6 is 31.9 Å². The molecule has 0 aliphatic heterocycles. The van der Waals surface area contributed by atoms with Crippen LogP contribution < -0.4 is 19.6 Å². The van der Waals surface area contributed by atoms with Crippen LogP contribution in [-0.2, 0) is 6.61 Å². The number of hydrogen-bond acceptors (Lipinski definition) is 5. The van der Waals surface area contributed by atoms with Gasteiger partial charge in [0.25, 0.3) is 5.91 Å². The zero-order chi connectivity index (χ0) is 23.8. The number of methoxy groups -OCH3 is 1. The summed E-state index contributed by atoms with van der Waals surface area (Å²) in [6.07, 6.45) is 1.54. The Kier molecular flexibility index (Phi) is 8.91. The van der Waals surface area contributed by atoms with Gasteiger partial charge in [-0.2, -0.15) is 5.10 Å². The van der Waals surface area contributed by atoms with E-state index in [9.17, 15) is 4.79 Å². The molecule has 0 aliphatic carbocycles. The normalized spacial score (nSPS) is 10.8. The van der Waals surface area contributed by atoms with Crippen LogP contribution in [0.4, 0.5) is 0 Å². The number of hydrazone groups is 1. The molecule has 172 valence electrons.